The number of ether oxygens (including phenoxy) is 1. The lowest BCUT2D eigenvalue weighted by molar-refractivity contribution is -0.120. The van der Waals surface area contributed by atoms with E-state index in [0.717, 1.165) is 12.1 Å². The van der Waals surface area contributed by atoms with Gasteiger partial charge in [-0.05, 0) is 43.8 Å². The van der Waals surface area contributed by atoms with Crippen molar-refractivity contribution in [2.75, 3.05) is 19.5 Å². The van der Waals surface area contributed by atoms with Crippen molar-refractivity contribution in [1.29, 1.82) is 0 Å². The van der Waals surface area contributed by atoms with Gasteiger partial charge in [0.1, 0.15) is 11.6 Å². The van der Waals surface area contributed by atoms with Crippen molar-refractivity contribution in [2.45, 2.75) is 19.5 Å². The third-order valence-corrected chi connectivity index (χ3v) is 3.88. The second-order valence-electron chi connectivity index (χ2n) is 5.67. The number of carbonyl (C=O) groups excluding carboxylic acids is 1. The topological polar surface area (TPSA) is 41.6 Å². The van der Waals surface area contributed by atoms with Crippen LogP contribution >= 0.6 is 0 Å². The van der Waals surface area contributed by atoms with Gasteiger partial charge >= 0.3 is 0 Å². The predicted octanol–water partition coefficient (Wildman–Crippen LogP) is 3.57. The number of nitrogens with one attached hydrogen (secondary N) is 1. The van der Waals surface area contributed by atoms with E-state index in [4.69, 9.17) is 4.74 Å². The Hall–Kier alpha value is -2.54. The number of nitrogens with zero attached hydrogens (tertiary/aromatic N) is 1. The number of methoxy groups -OCH3 is 1. The van der Waals surface area contributed by atoms with Crippen molar-refractivity contribution in [1.82, 2.24) is 4.90 Å². The minimum absolute atomic E-state index is 0.0952. The molecule has 0 saturated heterocycles. The van der Waals surface area contributed by atoms with E-state index in [2.05, 4.69) is 5.32 Å². The molecule has 0 spiro atoms. The van der Waals surface area contributed by atoms with Crippen LogP contribution in [0.3, 0.4) is 0 Å². The van der Waals surface area contributed by atoms with Crippen molar-refractivity contribution >= 4 is 11.6 Å². The zero-order valence-electron chi connectivity index (χ0n) is 14.1. The monoisotopic (exact) mass is 352 g/mol. The molecule has 2 aromatic rings. The lowest BCUT2D eigenvalue weighted by atomic mass is 10.1. The Morgan fingerprint density at radius 2 is 1.88 bits per heavy atom. The summed E-state index contributed by atoms with van der Waals surface area (Å²) in [7, 11) is 3.07. The fraction of sp³-hybridized carbons (Fsp3) is 0.278. The SMILES string of the molecule is COc1ccc(CN(C)C(C)C(=O)Nc2ccc(F)cc2F)cc1F. The number of likely N-dealkylation sites (N-methyl/N-ethyl adjacent to an activating group) is 1. The summed E-state index contributed by atoms with van der Waals surface area (Å²) in [6.07, 6.45) is 0. The zero-order valence-corrected chi connectivity index (χ0v) is 14.1. The Labute approximate surface area is 144 Å². The first-order chi connectivity index (χ1) is 11.8. The Balaban J connectivity index is 2.02. The van der Waals surface area contributed by atoms with E-state index < -0.39 is 29.4 Å². The molecule has 7 heteroatoms. The standard InChI is InChI=1S/C18H19F3N2O2/c1-11(18(24)22-16-6-5-13(19)9-14(16)20)23(2)10-12-4-7-17(25-3)15(21)8-12/h4-9,11H,10H2,1-3H3,(H,22,24). The number of carbonyl (C=O) groups is 1. The van der Waals surface area contributed by atoms with Crippen LogP contribution in [-0.4, -0.2) is 31.0 Å². The van der Waals surface area contributed by atoms with Crippen LogP contribution < -0.4 is 10.1 Å². The molecule has 1 atom stereocenters. The molecule has 0 bridgehead atoms. The smallest absolute Gasteiger partial charge is 0.241 e. The minimum Gasteiger partial charge on any atom is -0.494 e. The molecular weight excluding hydrogens is 333 g/mol. The number of hydrogen-bond donors (Lipinski definition) is 1. The molecule has 25 heavy (non-hydrogen) atoms. The molecular formula is C18H19F3N2O2. The lowest BCUT2D eigenvalue weighted by Gasteiger charge is -2.24. The molecule has 0 aliphatic heterocycles. The van der Waals surface area contributed by atoms with Gasteiger partial charge in [-0.15, -0.1) is 0 Å². The van der Waals surface area contributed by atoms with Crippen LogP contribution in [0.2, 0.25) is 0 Å². The molecule has 1 amide bonds. The zero-order chi connectivity index (χ0) is 18.6. The Bertz CT molecular complexity index is 768. The first-order valence-corrected chi connectivity index (χ1v) is 7.60. The largest absolute Gasteiger partial charge is 0.494 e. The van der Waals surface area contributed by atoms with Gasteiger partial charge < -0.3 is 10.1 Å². The van der Waals surface area contributed by atoms with Gasteiger partial charge in [0.15, 0.2) is 11.6 Å². The summed E-state index contributed by atoms with van der Waals surface area (Å²) < 4.78 is 45.1. The molecule has 0 aliphatic carbocycles. The van der Waals surface area contributed by atoms with E-state index in [-0.39, 0.29) is 11.4 Å². The normalized spacial score (nSPS) is 12.1. The van der Waals surface area contributed by atoms with E-state index in [1.807, 2.05) is 0 Å². The molecule has 0 aromatic heterocycles. The van der Waals surface area contributed by atoms with E-state index in [0.29, 0.717) is 18.2 Å². The molecule has 4 nitrogen and oxygen atoms in total. The average molecular weight is 352 g/mol. The van der Waals surface area contributed by atoms with Gasteiger partial charge in [0.05, 0.1) is 18.8 Å². The number of benzene rings is 2. The molecule has 2 aromatic carbocycles. The third-order valence-electron chi connectivity index (χ3n) is 3.88. The molecule has 0 saturated carbocycles. The van der Waals surface area contributed by atoms with Crippen molar-refractivity contribution in [3.8, 4) is 5.75 Å². The van der Waals surface area contributed by atoms with Gasteiger partial charge in [0.2, 0.25) is 5.91 Å². The summed E-state index contributed by atoms with van der Waals surface area (Å²) in [5, 5.41) is 2.42. The maximum absolute atomic E-state index is 13.7. The Morgan fingerprint density at radius 3 is 2.48 bits per heavy atom. The fourth-order valence-corrected chi connectivity index (χ4v) is 2.26. The molecule has 1 unspecified atom stereocenters. The molecule has 0 aliphatic rings. The van der Waals surface area contributed by atoms with Gasteiger partial charge in [-0.25, -0.2) is 13.2 Å². The van der Waals surface area contributed by atoms with E-state index in [9.17, 15) is 18.0 Å². The van der Waals surface area contributed by atoms with E-state index in [1.54, 1.807) is 24.9 Å². The van der Waals surface area contributed by atoms with Gasteiger partial charge in [0.25, 0.3) is 0 Å². The van der Waals surface area contributed by atoms with E-state index >= 15 is 0 Å². The summed E-state index contributed by atoms with van der Waals surface area (Å²) in [4.78, 5) is 13.9. The highest BCUT2D eigenvalue weighted by molar-refractivity contribution is 5.94. The number of anilines is 1. The molecule has 2 rings (SSSR count). The predicted molar refractivity (Wildman–Crippen MR) is 88.9 cm³/mol. The third kappa shape index (κ3) is 4.73. The van der Waals surface area contributed by atoms with E-state index in [1.165, 1.54) is 19.2 Å². The number of halogens is 3. The van der Waals surface area contributed by atoms with Crippen molar-refractivity contribution in [2.24, 2.45) is 0 Å². The summed E-state index contributed by atoms with van der Waals surface area (Å²) in [5.74, 6) is -2.37. The Kier molecular flexibility index (Phi) is 6.03. The second kappa shape index (κ2) is 8.02. The van der Waals surface area contributed by atoms with Crippen LogP contribution in [0.5, 0.6) is 5.75 Å². The van der Waals surface area contributed by atoms with Crippen molar-refractivity contribution in [3.63, 3.8) is 0 Å². The highest BCUT2D eigenvalue weighted by Gasteiger charge is 2.20. The minimum atomic E-state index is -0.847. The van der Waals surface area contributed by atoms with Crippen molar-refractivity contribution in [3.05, 3.63) is 59.4 Å². The lowest BCUT2D eigenvalue weighted by Crippen LogP contribution is -2.39. The van der Waals surface area contributed by atoms with Crippen LogP contribution in [0.15, 0.2) is 36.4 Å². The summed E-state index contributed by atoms with van der Waals surface area (Å²) in [6.45, 7) is 1.94. The molecule has 1 N–H and O–H groups in total. The summed E-state index contributed by atoms with van der Waals surface area (Å²) in [6, 6.07) is 6.85. The first-order valence-electron chi connectivity index (χ1n) is 7.60. The van der Waals surface area contributed by atoms with Gasteiger partial charge in [-0.2, -0.15) is 0 Å². The average Bonchev–Trinajstić information content (AvgIpc) is 2.56. The maximum atomic E-state index is 13.7. The number of hydrogen-bond acceptors (Lipinski definition) is 3. The molecule has 0 fully saturated rings. The van der Waals surface area contributed by atoms with Crippen LogP contribution in [0, 0.1) is 17.5 Å². The Morgan fingerprint density at radius 1 is 1.16 bits per heavy atom. The summed E-state index contributed by atoms with van der Waals surface area (Å²) >= 11 is 0. The molecule has 0 radical (unpaired) electrons. The van der Waals surface area contributed by atoms with Crippen LogP contribution in [0.25, 0.3) is 0 Å². The van der Waals surface area contributed by atoms with Crippen molar-refractivity contribution < 1.29 is 22.7 Å². The van der Waals surface area contributed by atoms with Gasteiger partial charge in [0, 0.05) is 12.6 Å². The number of amides is 1. The van der Waals surface area contributed by atoms with Gasteiger partial charge in [-0.3, -0.25) is 9.69 Å². The van der Waals surface area contributed by atoms with Gasteiger partial charge in [-0.1, -0.05) is 6.07 Å². The quantitative estimate of drug-likeness (QED) is 0.864. The maximum Gasteiger partial charge on any atom is 0.241 e. The number of rotatable bonds is 6. The molecule has 0 heterocycles. The molecule has 134 valence electrons. The summed E-state index contributed by atoms with van der Waals surface area (Å²) in [5.41, 5.74) is 0.565. The van der Waals surface area contributed by atoms with Crippen LogP contribution in [-0.2, 0) is 11.3 Å². The fourth-order valence-electron chi connectivity index (χ4n) is 2.26. The highest BCUT2D eigenvalue weighted by Crippen LogP contribution is 2.19. The first kappa shape index (κ1) is 18.8. The highest BCUT2D eigenvalue weighted by atomic mass is 19.1. The van der Waals surface area contributed by atoms with Crippen LogP contribution in [0.1, 0.15) is 12.5 Å². The van der Waals surface area contributed by atoms with Crippen LogP contribution in [0.4, 0.5) is 18.9 Å². The second-order valence-corrected chi connectivity index (χ2v) is 5.67.